The van der Waals surface area contributed by atoms with E-state index < -0.39 is 11.6 Å². The van der Waals surface area contributed by atoms with Crippen molar-refractivity contribution in [3.8, 4) is 5.75 Å². The lowest BCUT2D eigenvalue weighted by Gasteiger charge is -1.98. The summed E-state index contributed by atoms with van der Waals surface area (Å²) in [6.45, 7) is 0. The van der Waals surface area contributed by atoms with Gasteiger partial charge >= 0.3 is 0 Å². The summed E-state index contributed by atoms with van der Waals surface area (Å²) in [4.78, 5) is 20.4. The average molecular weight is 168 g/mol. The van der Waals surface area contributed by atoms with Crippen LogP contribution < -0.4 is 0 Å². The third-order valence-electron chi connectivity index (χ3n) is 1.40. The van der Waals surface area contributed by atoms with Crippen LogP contribution in [0.15, 0.2) is 12.1 Å². The van der Waals surface area contributed by atoms with Crippen molar-refractivity contribution < 1.29 is 19.1 Å². The van der Waals surface area contributed by atoms with Crippen molar-refractivity contribution >= 4 is 12.6 Å². The third-order valence-corrected chi connectivity index (χ3v) is 1.40. The number of carbonyl (C=O) groups is 2. The predicted octanol–water partition coefficient (Wildman–Crippen LogP) is 1.16. The van der Waals surface area contributed by atoms with E-state index in [1.807, 2.05) is 0 Å². The Bertz CT molecular complexity index is 304. The highest BCUT2D eigenvalue weighted by atomic mass is 19.1. The van der Waals surface area contributed by atoms with E-state index in [2.05, 4.69) is 0 Å². The quantitative estimate of drug-likeness (QED) is 0.674. The Morgan fingerprint density at radius 1 is 1.17 bits per heavy atom. The summed E-state index contributed by atoms with van der Waals surface area (Å²) in [5.74, 6) is -1.30. The van der Waals surface area contributed by atoms with Gasteiger partial charge in [-0.15, -0.1) is 0 Å². The molecule has 0 fully saturated rings. The molecule has 1 aromatic rings. The number of rotatable bonds is 2. The molecule has 0 spiro atoms. The first-order chi connectivity index (χ1) is 5.69. The molecule has 3 nitrogen and oxygen atoms in total. The van der Waals surface area contributed by atoms with Gasteiger partial charge in [-0.25, -0.2) is 4.39 Å². The Labute approximate surface area is 67.4 Å². The van der Waals surface area contributed by atoms with E-state index in [0.29, 0.717) is 6.29 Å². The average Bonchev–Trinajstić information content (AvgIpc) is 2.05. The van der Waals surface area contributed by atoms with Crippen LogP contribution in [0.5, 0.6) is 5.75 Å². The zero-order chi connectivity index (χ0) is 9.14. The molecule has 0 bridgehead atoms. The zero-order valence-electron chi connectivity index (χ0n) is 5.95. The summed E-state index contributed by atoms with van der Waals surface area (Å²) in [7, 11) is 0. The fraction of sp³-hybridized carbons (Fsp3) is 0. The largest absolute Gasteiger partial charge is 0.507 e. The SMILES string of the molecule is O=Cc1cc(C=O)c(F)cc1O. The second-order valence-corrected chi connectivity index (χ2v) is 2.17. The highest BCUT2D eigenvalue weighted by molar-refractivity contribution is 5.84. The summed E-state index contributed by atoms with van der Waals surface area (Å²) in [6.07, 6.45) is 0.629. The van der Waals surface area contributed by atoms with Crippen molar-refractivity contribution in [3.63, 3.8) is 0 Å². The number of halogens is 1. The summed E-state index contributed by atoms with van der Waals surface area (Å²) in [5.41, 5.74) is -0.339. The molecule has 0 unspecified atom stereocenters. The highest BCUT2D eigenvalue weighted by Crippen LogP contribution is 2.18. The molecule has 0 radical (unpaired) electrons. The molecule has 0 aromatic heterocycles. The van der Waals surface area contributed by atoms with E-state index in [0.717, 1.165) is 12.1 Å². The molecule has 0 amide bonds. The zero-order valence-corrected chi connectivity index (χ0v) is 5.95. The minimum Gasteiger partial charge on any atom is -0.507 e. The lowest BCUT2D eigenvalue weighted by atomic mass is 10.1. The molecule has 0 heterocycles. The predicted molar refractivity (Wildman–Crippen MR) is 38.8 cm³/mol. The fourth-order valence-electron chi connectivity index (χ4n) is 0.782. The molecule has 0 saturated heterocycles. The van der Waals surface area contributed by atoms with Crippen LogP contribution in [-0.2, 0) is 0 Å². The summed E-state index contributed by atoms with van der Waals surface area (Å²) in [6, 6.07) is 1.72. The van der Waals surface area contributed by atoms with Gasteiger partial charge < -0.3 is 5.11 Å². The van der Waals surface area contributed by atoms with Crippen LogP contribution in [0.1, 0.15) is 20.7 Å². The number of aromatic hydroxyl groups is 1. The molecule has 1 aromatic carbocycles. The number of benzene rings is 1. The Morgan fingerprint density at radius 3 is 2.25 bits per heavy atom. The summed E-state index contributed by atoms with van der Waals surface area (Å²) < 4.78 is 12.7. The standard InChI is InChI=1S/C8H5FO3/c9-7-2-8(12)6(4-11)1-5(7)3-10/h1-4,12H. The molecule has 1 rings (SSSR count). The molecule has 12 heavy (non-hydrogen) atoms. The van der Waals surface area contributed by atoms with Crippen LogP contribution in [0.3, 0.4) is 0 Å². The molecule has 0 aliphatic carbocycles. The number of phenols is 1. The molecule has 0 saturated carbocycles. The molecule has 0 aliphatic rings. The van der Waals surface area contributed by atoms with E-state index in [1.165, 1.54) is 0 Å². The van der Waals surface area contributed by atoms with Gasteiger partial charge in [0.15, 0.2) is 12.6 Å². The van der Waals surface area contributed by atoms with Gasteiger partial charge in [-0.05, 0) is 6.07 Å². The highest BCUT2D eigenvalue weighted by Gasteiger charge is 2.07. The molecular formula is C8H5FO3. The first-order valence-electron chi connectivity index (χ1n) is 3.12. The van der Waals surface area contributed by atoms with E-state index in [9.17, 15) is 14.0 Å². The first-order valence-corrected chi connectivity index (χ1v) is 3.12. The topological polar surface area (TPSA) is 54.4 Å². The Hall–Kier alpha value is -1.71. The van der Waals surface area contributed by atoms with Crippen molar-refractivity contribution in [1.82, 2.24) is 0 Å². The summed E-state index contributed by atoms with van der Waals surface area (Å²) in [5, 5.41) is 8.92. The Morgan fingerprint density at radius 2 is 1.75 bits per heavy atom. The molecule has 0 aliphatic heterocycles. The van der Waals surface area contributed by atoms with Gasteiger partial charge in [-0.1, -0.05) is 0 Å². The second kappa shape index (κ2) is 3.13. The normalized spacial score (nSPS) is 9.42. The van der Waals surface area contributed by atoms with Gasteiger partial charge in [0.05, 0.1) is 11.1 Å². The van der Waals surface area contributed by atoms with Gasteiger partial charge in [-0.3, -0.25) is 9.59 Å². The maximum atomic E-state index is 12.7. The van der Waals surface area contributed by atoms with Gasteiger partial charge in [0.1, 0.15) is 11.6 Å². The van der Waals surface area contributed by atoms with Crippen molar-refractivity contribution in [2.75, 3.05) is 0 Å². The van der Waals surface area contributed by atoms with E-state index in [4.69, 9.17) is 5.11 Å². The van der Waals surface area contributed by atoms with Crippen LogP contribution in [0.25, 0.3) is 0 Å². The minimum absolute atomic E-state index is 0.0986. The maximum Gasteiger partial charge on any atom is 0.153 e. The van der Waals surface area contributed by atoms with Crippen LogP contribution in [-0.4, -0.2) is 17.7 Å². The molecule has 0 atom stereocenters. The number of hydrogen-bond donors (Lipinski definition) is 1. The lowest BCUT2D eigenvalue weighted by molar-refractivity contribution is 0.111. The Balaban J connectivity index is 3.36. The van der Waals surface area contributed by atoms with Gasteiger partial charge in [-0.2, -0.15) is 0 Å². The van der Waals surface area contributed by atoms with E-state index >= 15 is 0 Å². The van der Waals surface area contributed by atoms with Crippen molar-refractivity contribution in [2.24, 2.45) is 0 Å². The van der Waals surface area contributed by atoms with Crippen molar-refractivity contribution in [2.45, 2.75) is 0 Å². The van der Waals surface area contributed by atoms with Crippen LogP contribution in [0, 0.1) is 5.82 Å². The Kier molecular flexibility index (Phi) is 2.19. The van der Waals surface area contributed by atoms with Gasteiger partial charge in [0.2, 0.25) is 0 Å². The van der Waals surface area contributed by atoms with Gasteiger partial charge in [0, 0.05) is 6.07 Å². The van der Waals surface area contributed by atoms with E-state index in [-0.39, 0.29) is 17.4 Å². The molecule has 62 valence electrons. The summed E-state index contributed by atoms with van der Waals surface area (Å²) >= 11 is 0. The van der Waals surface area contributed by atoms with Crippen molar-refractivity contribution in [1.29, 1.82) is 0 Å². The van der Waals surface area contributed by atoms with Crippen LogP contribution in [0.4, 0.5) is 4.39 Å². The maximum absolute atomic E-state index is 12.7. The molecule has 4 heteroatoms. The van der Waals surface area contributed by atoms with Gasteiger partial charge in [0.25, 0.3) is 0 Å². The lowest BCUT2D eigenvalue weighted by Crippen LogP contribution is -1.91. The minimum atomic E-state index is -0.840. The second-order valence-electron chi connectivity index (χ2n) is 2.17. The number of hydrogen-bond acceptors (Lipinski definition) is 3. The molecule has 1 N–H and O–H groups in total. The first kappa shape index (κ1) is 8.39. The van der Waals surface area contributed by atoms with Crippen molar-refractivity contribution in [3.05, 3.63) is 29.1 Å². The van der Waals surface area contributed by atoms with Crippen LogP contribution in [0.2, 0.25) is 0 Å². The smallest absolute Gasteiger partial charge is 0.153 e. The fourth-order valence-corrected chi connectivity index (χ4v) is 0.782. The number of phenolic OH excluding ortho intramolecular Hbond substituents is 1. The third kappa shape index (κ3) is 1.32. The van der Waals surface area contributed by atoms with E-state index in [1.54, 1.807) is 0 Å². The number of aldehydes is 2. The monoisotopic (exact) mass is 168 g/mol. The number of carbonyl (C=O) groups excluding carboxylic acids is 2. The molecular weight excluding hydrogens is 163 g/mol. The van der Waals surface area contributed by atoms with Crippen LogP contribution >= 0.6 is 0 Å².